The van der Waals surface area contributed by atoms with E-state index in [0.717, 1.165) is 0 Å². The molecule has 0 saturated carbocycles. The first-order valence-electron chi connectivity index (χ1n) is 6.34. The predicted molar refractivity (Wildman–Crippen MR) is 69.5 cm³/mol. The molecule has 0 aromatic heterocycles. The highest BCUT2D eigenvalue weighted by molar-refractivity contribution is 5.80. The Balaban J connectivity index is 5.04. The van der Waals surface area contributed by atoms with E-state index in [4.69, 9.17) is 4.74 Å². The highest BCUT2D eigenvalue weighted by Crippen LogP contribution is 2.17. The summed E-state index contributed by atoms with van der Waals surface area (Å²) < 4.78 is 5.26. The van der Waals surface area contributed by atoms with Crippen LogP contribution in [0.5, 0.6) is 0 Å². The molecule has 0 heterocycles. The van der Waals surface area contributed by atoms with Crippen LogP contribution in [0.1, 0.15) is 54.4 Å². The molecule has 0 radical (unpaired) electrons. The summed E-state index contributed by atoms with van der Waals surface area (Å²) in [6.07, 6.45) is 0.550. The Kier molecular flexibility index (Phi) is 6.15. The van der Waals surface area contributed by atoms with Gasteiger partial charge in [0.05, 0.1) is 0 Å². The lowest BCUT2D eigenvalue weighted by Crippen LogP contribution is -2.50. The first kappa shape index (κ1) is 16.7. The van der Waals surface area contributed by atoms with Crippen LogP contribution in [0.2, 0.25) is 0 Å². The van der Waals surface area contributed by atoms with E-state index in [1.807, 2.05) is 6.92 Å². The van der Waals surface area contributed by atoms with Gasteiger partial charge in [0.15, 0.2) is 0 Å². The quantitative estimate of drug-likeness (QED) is 0.824. The first-order valence-corrected chi connectivity index (χ1v) is 6.34. The average molecular weight is 259 g/mol. The number of nitrogens with zero attached hydrogens (tertiary/aromatic N) is 1. The van der Waals surface area contributed by atoms with Crippen molar-refractivity contribution in [2.75, 3.05) is 0 Å². The molecule has 18 heavy (non-hydrogen) atoms. The van der Waals surface area contributed by atoms with Crippen molar-refractivity contribution < 1.29 is 19.4 Å². The molecule has 1 atom stereocenters. The fourth-order valence-corrected chi connectivity index (χ4v) is 1.67. The predicted octanol–water partition coefficient (Wildman–Crippen LogP) is 2.89. The molecule has 1 N–H and O–H groups in total. The van der Waals surface area contributed by atoms with Gasteiger partial charge in [-0.1, -0.05) is 13.3 Å². The number of aliphatic carboxylic acids is 1. The van der Waals surface area contributed by atoms with E-state index in [1.165, 1.54) is 4.90 Å². The second-order valence-electron chi connectivity index (χ2n) is 5.62. The minimum atomic E-state index is -0.989. The van der Waals surface area contributed by atoms with Crippen molar-refractivity contribution in [2.24, 2.45) is 0 Å². The Morgan fingerprint density at radius 3 is 2.06 bits per heavy atom. The summed E-state index contributed by atoms with van der Waals surface area (Å²) in [6, 6.07) is -1.04. The van der Waals surface area contributed by atoms with Crippen molar-refractivity contribution in [3.8, 4) is 0 Å². The number of hydrogen-bond donors (Lipinski definition) is 1. The SMILES string of the molecule is CCCC(C(=O)O)N(C(=O)OC(C)(C)C)C(C)C. The van der Waals surface area contributed by atoms with Crippen LogP contribution in [0.15, 0.2) is 0 Å². The molecule has 0 aromatic carbocycles. The van der Waals surface area contributed by atoms with Crippen LogP contribution in [0.4, 0.5) is 4.79 Å². The van der Waals surface area contributed by atoms with Gasteiger partial charge >= 0.3 is 12.1 Å². The zero-order valence-corrected chi connectivity index (χ0v) is 12.2. The van der Waals surface area contributed by atoms with E-state index in [0.29, 0.717) is 12.8 Å². The van der Waals surface area contributed by atoms with Crippen molar-refractivity contribution in [1.29, 1.82) is 0 Å². The first-order chi connectivity index (χ1) is 8.10. The Hall–Kier alpha value is -1.26. The van der Waals surface area contributed by atoms with E-state index in [-0.39, 0.29) is 6.04 Å². The smallest absolute Gasteiger partial charge is 0.411 e. The second kappa shape index (κ2) is 6.61. The normalized spacial score (nSPS) is 13.3. The largest absolute Gasteiger partial charge is 0.480 e. The number of hydrogen-bond acceptors (Lipinski definition) is 3. The molecule has 5 nitrogen and oxygen atoms in total. The molecule has 0 rings (SSSR count). The van der Waals surface area contributed by atoms with Gasteiger partial charge in [-0.3, -0.25) is 4.90 Å². The Labute approximate surface area is 109 Å². The number of carboxylic acid groups (broad SMARTS) is 1. The standard InChI is InChI=1S/C13H25NO4/c1-7-8-10(11(15)16)14(9(2)3)12(17)18-13(4,5)6/h9-10H,7-8H2,1-6H3,(H,15,16). The lowest BCUT2D eigenvalue weighted by molar-refractivity contribution is -0.144. The van der Waals surface area contributed by atoms with Crippen molar-refractivity contribution in [3.05, 3.63) is 0 Å². The molecule has 0 bridgehead atoms. The third-order valence-electron chi connectivity index (χ3n) is 2.34. The van der Waals surface area contributed by atoms with Gasteiger partial charge in [-0.15, -0.1) is 0 Å². The van der Waals surface area contributed by atoms with Gasteiger partial charge in [0.1, 0.15) is 11.6 Å². The van der Waals surface area contributed by atoms with Crippen LogP contribution >= 0.6 is 0 Å². The van der Waals surface area contributed by atoms with Crippen LogP contribution in [0, 0.1) is 0 Å². The van der Waals surface area contributed by atoms with Crippen molar-refractivity contribution in [3.63, 3.8) is 0 Å². The molecule has 106 valence electrons. The van der Waals surface area contributed by atoms with Gasteiger partial charge in [-0.05, 0) is 41.0 Å². The number of carbonyl (C=O) groups excluding carboxylic acids is 1. The summed E-state index contributed by atoms with van der Waals surface area (Å²) in [5.41, 5.74) is -0.626. The minimum absolute atomic E-state index is 0.215. The molecular weight excluding hydrogens is 234 g/mol. The highest BCUT2D eigenvalue weighted by Gasteiger charge is 2.33. The minimum Gasteiger partial charge on any atom is -0.480 e. The van der Waals surface area contributed by atoms with Gasteiger partial charge < -0.3 is 9.84 Å². The number of amides is 1. The Morgan fingerprint density at radius 2 is 1.78 bits per heavy atom. The maximum atomic E-state index is 12.1. The van der Waals surface area contributed by atoms with E-state index in [1.54, 1.807) is 34.6 Å². The van der Waals surface area contributed by atoms with Gasteiger partial charge in [0.2, 0.25) is 0 Å². The Bertz CT molecular complexity index is 294. The number of rotatable bonds is 5. The molecule has 0 aliphatic rings. The maximum absolute atomic E-state index is 12.1. The third kappa shape index (κ3) is 5.38. The Morgan fingerprint density at radius 1 is 1.28 bits per heavy atom. The zero-order valence-electron chi connectivity index (χ0n) is 12.2. The molecule has 0 spiro atoms. The van der Waals surface area contributed by atoms with Gasteiger partial charge in [0, 0.05) is 6.04 Å². The van der Waals surface area contributed by atoms with Gasteiger partial charge in [-0.2, -0.15) is 0 Å². The summed E-state index contributed by atoms with van der Waals surface area (Å²) in [7, 11) is 0. The number of carboxylic acids is 1. The van der Waals surface area contributed by atoms with Crippen LogP contribution in [-0.4, -0.2) is 39.8 Å². The molecule has 0 aliphatic heterocycles. The lowest BCUT2D eigenvalue weighted by Gasteiger charge is -2.34. The van der Waals surface area contributed by atoms with E-state index >= 15 is 0 Å². The molecule has 0 aromatic rings. The van der Waals surface area contributed by atoms with Crippen LogP contribution < -0.4 is 0 Å². The molecule has 1 unspecified atom stereocenters. The molecule has 0 fully saturated rings. The summed E-state index contributed by atoms with van der Waals surface area (Å²) >= 11 is 0. The van der Waals surface area contributed by atoms with Gasteiger partial charge in [0.25, 0.3) is 0 Å². The third-order valence-corrected chi connectivity index (χ3v) is 2.34. The summed E-state index contributed by atoms with van der Waals surface area (Å²) in [5, 5.41) is 9.22. The monoisotopic (exact) mass is 259 g/mol. The van der Waals surface area contributed by atoms with E-state index in [9.17, 15) is 14.7 Å². The highest BCUT2D eigenvalue weighted by atomic mass is 16.6. The topological polar surface area (TPSA) is 66.8 Å². The number of carbonyl (C=O) groups is 2. The number of ether oxygens (including phenoxy) is 1. The van der Waals surface area contributed by atoms with E-state index in [2.05, 4.69) is 0 Å². The fourth-order valence-electron chi connectivity index (χ4n) is 1.67. The second-order valence-corrected chi connectivity index (χ2v) is 5.62. The maximum Gasteiger partial charge on any atom is 0.411 e. The molecule has 0 aliphatic carbocycles. The molecular formula is C13H25NO4. The van der Waals surface area contributed by atoms with Crippen molar-refractivity contribution in [2.45, 2.75) is 72.1 Å². The summed E-state index contributed by atoms with van der Waals surface area (Å²) in [4.78, 5) is 24.6. The van der Waals surface area contributed by atoms with Crippen LogP contribution in [-0.2, 0) is 9.53 Å². The van der Waals surface area contributed by atoms with Gasteiger partial charge in [-0.25, -0.2) is 9.59 Å². The van der Waals surface area contributed by atoms with Crippen LogP contribution in [0.25, 0.3) is 0 Å². The van der Waals surface area contributed by atoms with E-state index < -0.39 is 23.7 Å². The molecule has 5 heteroatoms. The summed E-state index contributed by atoms with van der Waals surface area (Å²) in [6.45, 7) is 10.8. The zero-order chi connectivity index (χ0) is 14.5. The lowest BCUT2D eigenvalue weighted by atomic mass is 10.1. The van der Waals surface area contributed by atoms with Crippen molar-refractivity contribution in [1.82, 2.24) is 4.90 Å². The average Bonchev–Trinajstić information content (AvgIpc) is 2.13. The molecule has 0 saturated heterocycles. The van der Waals surface area contributed by atoms with Crippen molar-refractivity contribution >= 4 is 12.1 Å². The summed E-state index contributed by atoms with van der Waals surface area (Å²) in [5.74, 6) is -0.989. The van der Waals surface area contributed by atoms with Crippen LogP contribution in [0.3, 0.4) is 0 Å². The fraction of sp³-hybridized carbons (Fsp3) is 0.846. The molecule has 1 amide bonds.